The number of rotatable bonds is 4. The Bertz CT molecular complexity index is 395. The molecule has 1 aliphatic heterocycles. The number of benzene rings is 1. The summed E-state index contributed by atoms with van der Waals surface area (Å²) in [5.74, 6) is 0.415. The van der Waals surface area contributed by atoms with Crippen molar-refractivity contribution in [2.45, 2.75) is 38.3 Å². The van der Waals surface area contributed by atoms with Crippen molar-refractivity contribution in [3.8, 4) is 0 Å². The molecule has 1 unspecified atom stereocenters. The SMILES string of the molecule is Fc1ccc(CN2CCCCC2CCCl)c(Cl)c1. The fourth-order valence-corrected chi connectivity index (χ4v) is 3.07. The van der Waals surface area contributed by atoms with Gasteiger partial charge in [-0.25, -0.2) is 4.39 Å². The molecule has 18 heavy (non-hydrogen) atoms. The van der Waals surface area contributed by atoms with Crippen LogP contribution in [0.5, 0.6) is 0 Å². The Hall–Kier alpha value is -0.310. The topological polar surface area (TPSA) is 3.24 Å². The molecule has 0 N–H and O–H groups in total. The van der Waals surface area contributed by atoms with E-state index in [-0.39, 0.29) is 5.82 Å². The first-order chi connectivity index (χ1) is 8.70. The molecule has 0 radical (unpaired) electrons. The van der Waals surface area contributed by atoms with Gasteiger partial charge in [0.25, 0.3) is 0 Å². The number of likely N-dealkylation sites (tertiary alicyclic amines) is 1. The van der Waals surface area contributed by atoms with Crippen molar-refractivity contribution < 1.29 is 4.39 Å². The lowest BCUT2D eigenvalue weighted by Gasteiger charge is -2.35. The molecule has 0 spiro atoms. The zero-order valence-electron chi connectivity index (χ0n) is 10.3. The zero-order chi connectivity index (χ0) is 13.0. The molecule has 2 rings (SSSR count). The van der Waals surface area contributed by atoms with E-state index in [2.05, 4.69) is 4.90 Å². The van der Waals surface area contributed by atoms with Crippen LogP contribution in [0.2, 0.25) is 5.02 Å². The lowest BCUT2D eigenvalue weighted by Crippen LogP contribution is -2.39. The van der Waals surface area contributed by atoms with Gasteiger partial charge >= 0.3 is 0 Å². The van der Waals surface area contributed by atoms with Crippen LogP contribution < -0.4 is 0 Å². The van der Waals surface area contributed by atoms with E-state index in [1.165, 1.54) is 31.4 Å². The van der Waals surface area contributed by atoms with E-state index < -0.39 is 0 Å². The van der Waals surface area contributed by atoms with Crippen molar-refractivity contribution in [3.05, 3.63) is 34.6 Å². The van der Waals surface area contributed by atoms with Gasteiger partial charge in [0.2, 0.25) is 0 Å². The summed E-state index contributed by atoms with van der Waals surface area (Å²) < 4.78 is 13.0. The Morgan fingerprint density at radius 1 is 1.33 bits per heavy atom. The molecule has 1 aliphatic rings. The van der Waals surface area contributed by atoms with E-state index in [4.69, 9.17) is 23.2 Å². The highest BCUT2D eigenvalue weighted by Crippen LogP contribution is 2.25. The van der Waals surface area contributed by atoms with Gasteiger partial charge in [0.15, 0.2) is 0 Å². The van der Waals surface area contributed by atoms with Gasteiger partial charge in [0.1, 0.15) is 5.82 Å². The lowest BCUT2D eigenvalue weighted by atomic mass is 9.99. The van der Waals surface area contributed by atoms with E-state index in [1.807, 2.05) is 0 Å². The summed E-state index contributed by atoms with van der Waals surface area (Å²) in [6, 6.07) is 5.18. The van der Waals surface area contributed by atoms with Crippen LogP contribution in [0.25, 0.3) is 0 Å². The second-order valence-corrected chi connectivity index (χ2v) is 5.62. The summed E-state index contributed by atoms with van der Waals surface area (Å²) in [5.41, 5.74) is 1.000. The molecule has 0 saturated carbocycles. The van der Waals surface area contributed by atoms with Gasteiger partial charge in [-0.05, 0) is 43.5 Å². The van der Waals surface area contributed by atoms with Crippen LogP contribution in [0.3, 0.4) is 0 Å². The maximum atomic E-state index is 13.0. The molecule has 1 heterocycles. The van der Waals surface area contributed by atoms with E-state index >= 15 is 0 Å². The molecule has 1 aromatic rings. The standard InChI is InChI=1S/C14H18Cl2FN/c15-7-6-13-3-1-2-8-18(13)10-11-4-5-12(17)9-14(11)16/h4-5,9,13H,1-3,6-8,10H2. The minimum atomic E-state index is -0.278. The first-order valence-corrected chi connectivity index (χ1v) is 7.36. The minimum Gasteiger partial charge on any atom is -0.296 e. The van der Waals surface area contributed by atoms with Crippen LogP contribution in [0.4, 0.5) is 4.39 Å². The predicted molar refractivity (Wildman–Crippen MR) is 74.8 cm³/mol. The van der Waals surface area contributed by atoms with Gasteiger partial charge < -0.3 is 0 Å². The van der Waals surface area contributed by atoms with Gasteiger partial charge in [-0.3, -0.25) is 4.90 Å². The summed E-state index contributed by atoms with van der Waals surface area (Å²) >= 11 is 11.9. The highest BCUT2D eigenvalue weighted by molar-refractivity contribution is 6.31. The van der Waals surface area contributed by atoms with Crippen LogP contribution in [-0.4, -0.2) is 23.4 Å². The second kappa shape index (κ2) is 6.74. The lowest BCUT2D eigenvalue weighted by molar-refractivity contribution is 0.137. The summed E-state index contributed by atoms with van der Waals surface area (Å²) in [6.45, 7) is 1.87. The Balaban J connectivity index is 2.06. The average molecular weight is 290 g/mol. The van der Waals surface area contributed by atoms with Crippen molar-refractivity contribution in [1.82, 2.24) is 4.90 Å². The largest absolute Gasteiger partial charge is 0.296 e. The molecule has 100 valence electrons. The summed E-state index contributed by atoms with van der Waals surface area (Å²) in [6.07, 6.45) is 4.71. The predicted octanol–water partition coefficient (Wildman–Crippen LogP) is 4.46. The monoisotopic (exact) mass is 289 g/mol. The highest BCUT2D eigenvalue weighted by Gasteiger charge is 2.22. The second-order valence-electron chi connectivity index (χ2n) is 4.83. The van der Waals surface area contributed by atoms with E-state index in [1.54, 1.807) is 6.07 Å². The van der Waals surface area contributed by atoms with Gasteiger partial charge in [-0.15, -0.1) is 11.6 Å². The smallest absolute Gasteiger partial charge is 0.124 e. The fraction of sp³-hybridized carbons (Fsp3) is 0.571. The molecular formula is C14H18Cl2FN. The van der Waals surface area contributed by atoms with Gasteiger partial charge in [-0.1, -0.05) is 24.1 Å². The molecule has 0 aliphatic carbocycles. The maximum absolute atomic E-state index is 13.0. The highest BCUT2D eigenvalue weighted by atomic mass is 35.5. The molecule has 1 atom stereocenters. The number of hydrogen-bond donors (Lipinski definition) is 0. The Morgan fingerprint density at radius 3 is 2.89 bits per heavy atom. The van der Waals surface area contributed by atoms with E-state index in [0.717, 1.165) is 25.1 Å². The Labute approximate surface area is 118 Å². The molecule has 4 heteroatoms. The van der Waals surface area contributed by atoms with Crippen LogP contribution >= 0.6 is 23.2 Å². The number of hydrogen-bond acceptors (Lipinski definition) is 1. The number of piperidine rings is 1. The maximum Gasteiger partial charge on any atom is 0.124 e. The van der Waals surface area contributed by atoms with Crippen molar-refractivity contribution in [2.75, 3.05) is 12.4 Å². The summed E-state index contributed by atoms with van der Waals surface area (Å²) in [4.78, 5) is 2.42. The van der Waals surface area contributed by atoms with Crippen LogP contribution in [0.1, 0.15) is 31.2 Å². The van der Waals surface area contributed by atoms with E-state index in [0.29, 0.717) is 16.9 Å². The molecule has 0 bridgehead atoms. The molecule has 0 amide bonds. The van der Waals surface area contributed by atoms with Crippen molar-refractivity contribution in [2.24, 2.45) is 0 Å². The third kappa shape index (κ3) is 3.59. The average Bonchev–Trinajstić information content (AvgIpc) is 2.35. The quantitative estimate of drug-likeness (QED) is 0.740. The Kier molecular flexibility index (Phi) is 5.28. The van der Waals surface area contributed by atoms with Crippen molar-refractivity contribution in [1.29, 1.82) is 0 Å². The molecule has 1 saturated heterocycles. The third-order valence-corrected chi connectivity index (χ3v) is 4.15. The molecule has 0 aromatic heterocycles. The number of halogens is 3. The molecular weight excluding hydrogens is 272 g/mol. The Morgan fingerprint density at radius 2 is 2.17 bits per heavy atom. The minimum absolute atomic E-state index is 0.278. The van der Waals surface area contributed by atoms with Gasteiger partial charge in [0, 0.05) is 23.5 Å². The molecule has 1 aromatic carbocycles. The molecule has 1 fully saturated rings. The van der Waals surface area contributed by atoms with Crippen LogP contribution in [0, 0.1) is 5.82 Å². The van der Waals surface area contributed by atoms with Gasteiger partial charge in [0.05, 0.1) is 0 Å². The summed E-state index contributed by atoms with van der Waals surface area (Å²) in [5, 5.41) is 0.519. The van der Waals surface area contributed by atoms with Crippen molar-refractivity contribution in [3.63, 3.8) is 0 Å². The fourth-order valence-electron chi connectivity index (χ4n) is 2.59. The first-order valence-electron chi connectivity index (χ1n) is 6.44. The van der Waals surface area contributed by atoms with Gasteiger partial charge in [-0.2, -0.15) is 0 Å². The van der Waals surface area contributed by atoms with E-state index in [9.17, 15) is 4.39 Å². The normalized spacial score (nSPS) is 21.2. The molecule has 1 nitrogen and oxygen atoms in total. The number of alkyl halides is 1. The van der Waals surface area contributed by atoms with Crippen molar-refractivity contribution >= 4 is 23.2 Å². The third-order valence-electron chi connectivity index (χ3n) is 3.58. The number of nitrogens with zero attached hydrogens (tertiary/aromatic N) is 1. The summed E-state index contributed by atoms with van der Waals surface area (Å²) in [7, 11) is 0. The first kappa shape index (κ1) is 14.1. The van der Waals surface area contributed by atoms with Crippen LogP contribution in [0.15, 0.2) is 18.2 Å². The zero-order valence-corrected chi connectivity index (χ0v) is 11.9. The van der Waals surface area contributed by atoms with Crippen LogP contribution in [-0.2, 0) is 6.54 Å².